The van der Waals surface area contributed by atoms with E-state index in [1.807, 2.05) is 36.4 Å². The molecule has 3 aromatic rings. The number of carbonyl (C=O) groups excluding carboxylic acids is 1. The number of benzene rings is 2. The van der Waals surface area contributed by atoms with E-state index in [-0.39, 0.29) is 12.0 Å². The highest BCUT2D eigenvalue weighted by Gasteiger charge is 2.20. The summed E-state index contributed by atoms with van der Waals surface area (Å²) in [7, 11) is 0. The first-order valence-corrected chi connectivity index (χ1v) is 8.88. The maximum atomic E-state index is 12.5. The number of carbonyl (C=O) groups is 1. The van der Waals surface area contributed by atoms with Crippen molar-refractivity contribution in [2.75, 3.05) is 6.61 Å². The van der Waals surface area contributed by atoms with Gasteiger partial charge in [-0.1, -0.05) is 55.5 Å². The fourth-order valence-corrected chi connectivity index (χ4v) is 3.14. The zero-order chi connectivity index (χ0) is 18.5. The van der Waals surface area contributed by atoms with Gasteiger partial charge in [0.05, 0.1) is 6.61 Å². The Morgan fingerprint density at radius 2 is 1.88 bits per heavy atom. The average molecular weight is 348 g/mol. The molecule has 0 aliphatic carbocycles. The fourth-order valence-electron chi connectivity index (χ4n) is 3.14. The molecule has 1 atom stereocenters. The van der Waals surface area contributed by atoms with Crippen LogP contribution in [-0.4, -0.2) is 22.3 Å². The number of hydrogen-bond donors (Lipinski definition) is 0. The number of rotatable bonds is 5. The molecule has 1 aromatic heterocycles. The van der Waals surface area contributed by atoms with Crippen LogP contribution in [0.15, 0.2) is 60.9 Å². The predicted octanol–water partition coefficient (Wildman–Crippen LogP) is 4.88. The molecule has 4 nitrogen and oxygen atoms in total. The van der Waals surface area contributed by atoms with Gasteiger partial charge in [0.1, 0.15) is 5.82 Å². The maximum Gasteiger partial charge on any atom is 0.419 e. The van der Waals surface area contributed by atoms with Crippen LogP contribution < -0.4 is 0 Å². The molecular weight excluding hydrogens is 324 g/mol. The van der Waals surface area contributed by atoms with Gasteiger partial charge in [0.2, 0.25) is 0 Å². The second kappa shape index (κ2) is 8.00. The van der Waals surface area contributed by atoms with E-state index in [1.54, 1.807) is 12.4 Å². The third kappa shape index (κ3) is 3.85. The minimum Gasteiger partial charge on any atom is -0.449 e. The van der Waals surface area contributed by atoms with Gasteiger partial charge in [-0.05, 0) is 36.1 Å². The Balaban J connectivity index is 1.71. The summed E-state index contributed by atoms with van der Waals surface area (Å²) < 4.78 is 6.97. The fraction of sp³-hybridized carbons (Fsp3) is 0.273. The Morgan fingerprint density at radius 1 is 1.12 bits per heavy atom. The third-order valence-electron chi connectivity index (χ3n) is 4.83. The predicted molar refractivity (Wildman–Crippen MR) is 103 cm³/mol. The lowest BCUT2D eigenvalue weighted by Crippen LogP contribution is -2.19. The summed E-state index contributed by atoms with van der Waals surface area (Å²) in [4.78, 5) is 16.9. The van der Waals surface area contributed by atoms with Gasteiger partial charge >= 0.3 is 6.09 Å². The van der Waals surface area contributed by atoms with E-state index in [9.17, 15) is 4.79 Å². The minimum absolute atomic E-state index is 0.00609. The lowest BCUT2D eigenvalue weighted by molar-refractivity contribution is 0.148. The molecule has 0 fully saturated rings. The average Bonchev–Trinajstić information content (AvgIpc) is 3.14. The first kappa shape index (κ1) is 17.9. The molecule has 0 amide bonds. The van der Waals surface area contributed by atoms with Gasteiger partial charge in [-0.2, -0.15) is 0 Å². The Morgan fingerprint density at radius 3 is 2.65 bits per heavy atom. The van der Waals surface area contributed by atoms with Crippen molar-refractivity contribution in [1.82, 2.24) is 9.55 Å². The third-order valence-corrected chi connectivity index (χ3v) is 4.83. The molecule has 134 valence electrons. The summed E-state index contributed by atoms with van der Waals surface area (Å²) >= 11 is 0. The number of nitrogens with zero attached hydrogens (tertiary/aromatic N) is 2. The standard InChI is InChI=1S/C22H24N2O2/c1-16-8-7-11-20(17(16)2)18(3)21-23-13-14-24(21)22(25)26-15-12-19-9-5-4-6-10-19/h4-11,13-14,18H,12,15H2,1-3H3/t18-/m0/s1. The first-order chi connectivity index (χ1) is 12.6. The van der Waals surface area contributed by atoms with Crippen molar-refractivity contribution in [3.8, 4) is 0 Å². The Bertz CT molecular complexity index is 884. The van der Waals surface area contributed by atoms with Gasteiger partial charge in [0, 0.05) is 24.7 Å². The molecule has 0 bridgehead atoms. The molecule has 1 heterocycles. The van der Waals surface area contributed by atoms with Crippen molar-refractivity contribution in [2.45, 2.75) is 33.1 Å². The summed E-state index contributed by atoms with van der Waals surface area (Å²) in [6.45, 7) is 6.61. The molecule has 0 N–H and O–H groups in total. The van der Waals surface area contributed by atoms with Crippen LogP contribution >= 0.6 is 0 Å². The van der Waals surface area contributed by atoms with E-state index in [0.717, 1.165) is 5.56 Å². The van der Waals surface area contributed by atoms with Crippen molar-refractivity contribution in [1.29, 1.82) is 0 Å². The van der Waals surface area contributed by atoms with Gasteiger partial charge in [-0.25, -0.2) is 14.3 Å². The zero-order valence-corrected chi connectivity index (χ0v) is 15.5. The lowest BCUT2D eigenvalue weighted by Gasteiger charge is -2.17. The van der Waals surface area contributed by atoms with Crippen molar-refractivity contribution in [2.24, 2.45) is 0 Å². The summed E-state index contributed by atoms with van der Waals surface area (Å²) in [5, 5.41) is 0. The summed E-state index contributed by atoms with van der Waals surface area (Å²) in [6.07, 6.45) is 3.63. The lowest BCUT2D eigenvalue weighted by atomic mass is 9.93. The van der Waals surface area contributed by atoms with Gasteiger partial charge in [0.25, 0.3) is 0 Å². The highest BCUT2D eigenvalue weighted by molar-refractivity contribution is 5.71. The van der Waals surface area contributed by atoms with Crippen molar-refractivity contribution in [3.05, 3.63) is 89.0 Å². The molecule has 0 spiro atoms. The van der Waals surface area contributed by atoms with Crippen LogP contribution in [0.2, 0.25) is 0 Å². The molecule has 3 rings (SSSR count). The molecule has 0 radical (unpaired) electrons. The number of aromatic nitrogens is 2. The molecule has 26 heavy (non-hydrogen) atoms. The highest BCUT2D eigenvalue weighted by atomic mass is 16.5. The van der Waals surface area contributed by atoms with Crippen LogP contribution in [0.4, 0.5) is 4.79 Å². The molecule has 4 heteroatoms. The number of hydrogen-bond acceptors (Lipinski definition) is 3. The molecule has 0 aliphatic heterocycles. The van der Waals surface area contributed by atoms with Crippen LogP contribution in [0.5, 0.6) is 0 Å². The van der Waals surface area contributed by atoms with Gasteiger partial charge in [-0.15, -0.1) is 0 Å². The second-order valence-corrected chi connectivity index (χ2v) is 6.52. The number of ether oxygens (including phenoxy) is 1. The van der Waals surface area contributed by atoms with Gasteiger partial charge in [0.15, 0.2) is 0 Å². The van der Waals surface area contributed by atoms with E-state index in [4.69, 9.17) is 4.74 Å². The summed E-state index contributed by atoms with van der Waals surface area (Å²) in [5.74, 6) is 0.704. The van der Waals surface area contributed by atoms with Crippen LogP contribution in [0.3, 0.4) is 0 Å². The topological polar surface area (TPSA) is 44.1 Å². The van der Waals surface area contributed by atoms with E-state index in [0.29, 0.717) is 18.9 Å². The molecule has 0 unspecified atom stereocenters. The maximum absolute atomic E-state index is 12.5. The van der Waals surface area contributed by atoms with E-state index in [2.05, 4.69) is 37.9 Å². The monoisotopic (exact) mass is 348 g/mol. The van der Waals surface area contributed by atoms with Crippen molar-refractivity contribution >= 4 is 6.09 Å². The van der Waals surface area contributed by atoms with E-state index in [1.165, 1.54) is 21.3 Å². The first-order valence-electron chi connectivity index (χ1n) is 8.88. The Hall–Kier alpha value is -2.88. The number of aryl methyl sites for hydroxylation is 1. The van der Waals surface area contributed by atoms with Gasteiger partial charge < -0.3 is 4.74 Å². The molecule has 0 saturated carbocycles. The smallest absolute Gasteiger partial charge is 0.419 e. The Kier molecular flexibility index (Phi) is 5.52. The Labute approximate surface area is 154 Å². The molecular formula is C22H24N2O2. The second-order valence-electron chi connectivity index (χ2n) is 6.52. The van der Waals surface area contributed by atoms with Crippen molar-refractivity contribution < 1.29 is 9.53 Å². The van der Waals surface area contributed by atoms with Crippen LogP contribution in [-0.2, 0) is 11.2 Å². The highest BCUT2D eigenvalue weighted by Crippen LogP contribution is 2.27. The summed E-state index contributed by atoms with van der Waals surface area (Å²) in [5.41, 5.74) is 4.79. The van der Waals surface area contributed by atoms with Gasteiger partial charge in [-0.3, -0.25) is 0 Å². The van der Waals surface area contributed by atoms with Crippen LogP contribution in [0.1, 0.15) is 40.9 Å². The van der Waals surface area contributed by atoms with E-state index >= 15 is 0 Å². The number of imidazole rings is 1. The van der Waals surface area contributed by atoms with Crippen molar-refractivity contribution in [3.63, 3.8) is 0 Å². The molecule has 2 aromatic carbocycles. The SMILES string of the molecule is Cc1cccc([C@H](C)c2nccn2C(=O)OCCc2ccccc2)c1C. The van der Waals surface area contributed by atoms with E-state index < -0.39 is 0 Å². The zero-order valence-electron chi connectivity index (χ0n) is 15.5. The largest absolute Gasteiger partial charge is 0.449 e. The quantitative estimate of drug-likeness (QED) is 0.660. The van der Waals surface area contributed by atoms with Crippen LogP contribution in [0, 0.1) is 13.8 Å². The normalized spacial score (nSPS) is 12.0. The molecule has 0 aliphatic rings. The minimum atomic E-state index is -0.384. The molecule has 0 saturated heterocycles. The summed E-state index contributed by atoms with van der Waals surface area (Å²) in [6, 6.07) is 16.2. The van der Waals surface area contributed by atoms with Crippen LogP contribution in [0.25, 0.3) is 0 Å².